The molecule has 5 nitrogen and oxygen atoms in total. The van der Waals surface area contributed by atoms with E-state index in [-0.39, 0.29) is 17.9 Å². The minimum absolute atomic E-state index is 0.0864. The number of carbonyl (C=O) groups excluding carboxylic acids is 2. The van der Waals surface area contributed by atoms with Gasteiger partial charge < -0.3 is 15.5 Å². The summed E-state index contributed by atoms with van der Waals surface area (Å²) in [6.45, 7) is 3.34. The maximum Gasteiger partial charge on any atom is 0.255 e. The SMILES string of the molecule is NC1CCC2CN(C(=O)c3ccccc3SCC(=O)N3CCCC3)CC12. The molecule has 2 aliphatic heterocycles. The van der Waals surface area contributed by atoms with Gasteiger partial charge in [0, 0.05) is 37.1 Å². The predicted molar refractivity (Wildman–Crippen MR) is 103 cm³/mol. The third-order valence-electron chi connectivity index (χ3n) is 6.13. The number of nitrogens with two attached hydrogens (primary N) is 1. The van der Waals surface area contributed by atoms with Gasteiger partial charge in [-0.15, -0.1) is 11.8 Å². The van der Waals surface area contributed by atoms with Crippen molar-refractivity contribution in [3.8, 4) is 0 Å². The van der Waals surface area contributed by atoms with Gasteiger partial charge in [-0.1, -0.05) is 12.1 Å². The van der Waals surface area contributed by atoms with Crippen LogP contribution in [0.5, 0.6) is 0 Å². The average Bonchev–Trinajstić information content (AvgIpc) is 3.38. The zero-order valence-corrected chi connectivity index (χ0v) is 15.9. The van der Waals surface area contributed by atoms with Crippen molar-refractivity contribution in [2.45, 2.75) is 36.6 Å². The molecule has 1 aromatic rings. The second-order valence-corrected chi connectivity index (χ2v) is 8.77. The number of hydrogen-bond donors (Lipinski definition) is 1. The summed E-state index contributed by atoms with van der Waals surface area (Å²) in [6.07, 6.45) is 4.43. The third kappa shape index (κ3) is 3.49. The molecule has 26 heavy (non-hydrogen) atoms. The number of carbonyl (C=O) groups is 2. The van der Waals surface area contributed by atoms with E-state index in [4.69, 9.17) is 5.73 Å². The Morgan fingerprint density at radius 3 is 2.62 bits per heavy atom. The molecule has 3 atom stereocenters. The summed E-state index contributed by atoms with van der Waals surface area (Å²) in [7, 11) is 0. The topological polar surface area (TPSA) is 66.6 Å². The standard InChI is InChI=1S/C20H27N3O2S/c21-17-8-7-14-11-23(12-16(14)17)20(25)15-5-1-2-6-18(15)26-13-19(24)22-9-3-4-10-22/h1-2,5-6,14,16-17H,3-4,7-13,21H2. The molecular formula is C20H27N3O2S. The molecule has 2 heterocycles. The predicted octanol–water partition coefficient (Wildman–Crippen LogP) is 2.21. The van der Waals surface area contributed by atoms with E-state index < -0.39 is 0 Å². The molecule has 3 aliphatic rings. The lowest BCUT2D eigenvalue weighted by Crippen LogP contribution is -2.33. The first-order chi connectivity index (χ1) is 12.6. The van der Waals surface area contributed by atoms with Gasteiger partial charge in [0.05, 0.1) is 11.3 Å². The van der Waals surface area contributed by atoms with Crippen LogP contribution in [-0.2, 0) is 4.79 Å². The molecule has 3 unspecified atom stereocenters. The number of likely N-dealkylation sites (tertiary alicyclic amines) is 2. The molecule has 140 valence electrons. The molecule has 1 saturated carbocycles. The number of hydrogen-bond acceptors (Lipinski definition) is 4. The molecule has 2 amide bonds. The highest BCUT2D eigenvalue weighted by atomic mass is 32.2. The van der Waals surface area contributed by atoms with Crippen LogP contribution in [0.2, 0.25) is 0 Å². The molecule has 0 spiro atoms. The maximum atomic E-state index is 13.1. The number of amides is 2. The van der Waals surface area contributed by atoms with E-state index in [0.29, 0.717) is 17.6 Å². The monoisotopic (exact) mass is 373 g/mol. The lowest BCUT2D eigenvalue weighted by Gasteiger charge is -2.20. The summed E-state index contributed by atoms with van der Waals surface area (Å²) in [4.78, 5) is 30.2. The molecule has 0 radical (unpaired) electrons. The smallest absolute Gasteiger partial charge is 0.255 e. The molecule has 3 fully saturated rings. The Morgan fingerprint density at radius 2 is 1.85 bits per heavy atom. The Bertz CT molecular complexity index is 689. The van der Waals surface area contributed by atoms with Crippen LogP contribution in [0.4, 0.5) is 0 Å². The van der Waals surface area contributed by atoms with Crippen LogP contribution in [0, 0.1) is 11.8 Å². The fraction of sp³-hybridized carbons (Fsp3) is 0.600. The molecule has 1 aromatic carbocycles. The molecule has 6 heteroatoms. The van der Waals surface area contributed by atoms with Gasteiger partial charge >= 0.3 is 0 Å². The van der Waals surface area contributed by atoms with Crippen LogP contribution in [0.3, 0.4) is 0 Å². The second-order valence-electron chi connectivity index (χ2n) is 7.75. The summed E-state index contributed by atoms with van der Waals surface area (Å²) in [5, 5.41) is 0. The van der Waals surface area contributed by atoms with Crippen molar-refractivity contribution in [3.05, 3.63) is 29.8 Å². The second kappa shape index (κ2) is 7.61. The van der Waals surface area contributed by atoms with E-state index >= 15 is 0 Å². The summed E-state index contributed by atoms with van der Waals surface area (Å²) >= 11 is 1.49. The van der Waals surface area contributed by atoms with Gasteiger partial charge in [0.15, 0.2) is 0 Å². The Hall–Kier alpha value is -1.53. The van der Waals surface area contributed by atoms with Gasteiger partial charge in [-0.05, 0) is 49.7 Å². The van der Waals surface area contributed by atoms with Crippen molar-refractivity contribution in [2.75, 3.05) is 31.9 Å². The molecule has 2 saturated heterocycles. The number of rotatable bonds is 4. The summed E-state index contributed by atoms with van der Waals surface area (Å²) in [5.41, 5.74) is 6.93. The van der Waals surface area contributed by atoms with Crippen LogP contribution in [0.25, 0.3) is 0 Å². The van der Waals surface area contributed by atoms with Crippen LogP contribution >= 0.6 is 11.8 Å². The van der Waals surface area contributed by atoms with Crippen LogP contribution < -0.4 is 5.73 Å². The van der Waals surface area contributed by atoms with E-state index in [0.717, 1.165) is 62.3 Å². The van der Waals surface area contributed by atoms with Crippen LogP contribution in [0.1, 0.15) is 36.0 Å². The largest absolute Gasteiger partial charge is 0.342 e. The third-order valence-corrected chi connectivity index (χ3v) is 7.19. The Labute approximate surface area is 159 Å². The first kappa shape index (κ1) is 17.9. The molecule has 2 N–H and O–H groups in total. The zero-order chi connectivity index (χ0) is 18.1. The quantitative estimate of drug-likeness (QED) is 0.822. The highest BCUT2D eigenvalue weighted by Crippen LogP contribution is 2.38. The average molecular weight is 374 g/mol. The first-order valence-corrected chi connectivity index (χ1v) is 10.7. The van der Waals surface area contributed by atoms with Gasteiger partial charge in [0.25, 0.3) is 5.91 Å². The van der Waals surface area contributed by atoms with E-state index in [1.54, 1.807) is 0 Å². The van der Waals surface area contributed by atoms with Crippen molar-refractivity contribution in [3.63, 3.8) is 0 Å². The highest BCUT2D eigenvalue weighted by Gasteiger charge is 2.42. The molecule has 0 bridgehead atoms. The van der Waals surface area contributed by atoms with Gasteiger partial charge in [-0.25, -0.2) is 0 Å². The van der Waals surface area contributed by atoms with Crippen LogP contribution in [-0.4, -0.2) is 59.6 Å². The molecule has 1 aliphatic carbocycles. The normalized spacial score (nSPS) is 27.8. The number of fused-ring (bicyclic) bond motifs is 1. The number of benzene rings is 1. The molecular weight excluding hydrogens is 346 g/mol. The van der Waals surface area contributed by atoms with Crippen molar-refractivity contribution < 1.29 is 9.59 Å². The Kier molecular flexibility index (Phi) is 5.23. The van der Waals surface area contributed by atoms with Crippen molar-refractivity contribution in [2.24, 2.45) is 17.6 Å². The van der Waals surface area contributed by atoms with Gasteiger partial charge in [0.1, 0.15) is 0 Å². The van der Waals surface area contributed by atoms with Gasteiger partial charge in [0.2, 0.25) is 5.91 Å². The van der Waals surface area contributed by atoms with Crippen LogP contribution in [0.15, 0.2) is 29.2 Å². The van der Waals surface area contributed by atoms with E-state index in [1.165, 1.54) is 11.8 Å². The van der Waals surface area contributed by atoms with Crippen molar-refractivity contribution in [1.29, 1.82) is 0 Å². The molecule has 0 aromatic heterocycles. The van der Waals surface area contributed by atoms with Gasteiger partial charge in [-0.2, -0.15) is 0 Å². The summed E-state index contributed by atoms with van der Waals surface area (Å²) in [6, 6.07) is 7.92. The van der Waals surface area contributed by atoms with Crippen molar-refractivity contribution in [1.82, 2.24) is 9.80 Å². The lowest BCUT2D eigenvalue weighted by atomic mass is 9.98. The summed E-state index contributed by atoms with van der Waals surface area (Å²) in [5.74, 6) is 1.68. The fourth-order valence-electron chi connectivity index (χ4n) is 4.61. The summed E-state index contributed by atoms with van der Waals surface area (Å²) < 4.78 is 0. The van der Waals surface area contributed by atoms with E-state index in [2.05, 4.69) is 0 Å². The number of nitrogens with zero attached hydrogens (tertiary/aromatic N) is 2. The Morgan fingerprint density at radius 1 is 1.08 bits per heavy atom. The maximum absolute atomic E-state index is 13.1. The fourth-order valence-corrected chi connectivity index (χ4v) is 5.56. The Balaban J connectivity index is 1.42. The minimum Gasteiger partial charge on any atom is -0.342 e. The van der Waals surface area contributed by atoms with E-state index in [1.807, 2.05) is 34.1 Å². The van der Waals surface area contributed by atoms with E-state index in [9.17, 15) is 9.59 Å². The van der Waals surface area contributed by atoms with Crippen molar-refractivity contribution >= 4 is 23.6 Å². The zero-order valence-electron chi connectivity index (χ0n) is 15.1. The van der Waals surface area contributed by atoms with Gasteiger partial charge in [-0.3, -0.25) is 9.59 Å². The highest BCUT2D eigenvalue weighted by molar-refractivity contribution is 8.00. The number of thioether (sulfide) groups is 1. The molecule has 4 rings (SSSR count). The lowest BCUT2D eigenvalue weighted by molar-refractivity contribution is -0.127. The minimum atomic E-state index is 0.0864. The first-order valence-electron chi connectivity index (χ1n) is 9.68.